The third kappa shape index (κ3) is 2.84. The predicted molar refractivity (Wildman–Crippen MR) is 62.2 cm³/mol. The third-order valence-electron chi connectivity index (χ3n) is 2.20. The Labute approximate surface area is 105 Å². The van der Waals surface area contributed by atoms with E-state index in [1.807, 2.05) is 0 Å². The van der Waals surface area contributed by atoms with Gasteiger partial charge in [-0.2, -0.15) is 0 Å². The quantitative estimate of drug-likeness (QED) is 0.924. The molecule has 4 nitrogen and oxygen atoms in total. The van der Waals surface area contributed by atoms with Crippen molar-refractivity contribution < 1.29 is 22.9 Å². The molecule has 1 aromatic heterocycles. The summed E-state index contributed by atoms with van der Waals surface area (Å²) in [5.41, 5.74) is 0. The fraction of sp³-hybridized carbons (Fsp3) is 0.0833. The summed E-state index contributed by atoms with van der Waals surface area (Å²) in [7, 11) is -1.47. The van der Waals surface area contributed by atoms with E-state index in [4.69, 9.17) is 9.52 Å². The van der Waals surface area contributed by atoms with E-state index in [2.05, 4.69) is 0 Å². The van der Waals surface area contributed by atoms with E-state index in [-0.39, 0.29) is 17.3 Å². The second kappa shape index (κ2) is 5.14. The summed E-state index contributed by atoms with van der Waals surface area (Å²) in [5, 5.41) is 8.67. The minimum absolute atomic E-state index is 0.0106. The van der Waals surface area contributed by atoms with Crippen LogP contribution in [0.1, 0.15) is 16.3 Å². The van der Waals surface area contributed by atoms with Gasteiger partial charge in [0.05, 0.1) is 16.6 Å². The lowest BCUT2D eigenvalue weighted by Gasteiger charge is -2.00. The number of carboxylic acids is 1. The highest BCUT2D eigenvalue weighted by atomic mass is 32.2. The van der Waals surface area contributed by atoms with Gasteiger partial charge in [0.1, 0.15) is 11.6 Å². The van der Waals surface area contributed by atoms with Gasteiger partial charge in [0, 0.05) is 4.90 Å². The van der Waals surface area contributed by atoms with Crippen molar-refractivity contribution in [3.8, 4) is 0 Å². The summed E-state index contributed by atoms with van der Waals surface area (Å²) in [4.78, 5) is 10.9. The van der Waals surface area contributed by atoms with E-state index in [9.17, 15) is 13.4 Å². The molecular weight excluding hydrogens is 259 g/mol. The largest absolute Gasteiger partial charge is 0.475 e. The molecule has 18 heavy (non-hydrogen) atoms. The van der Waals surface area contributed by atoms with E-state index < -0.39 is 22.6 Å². The van der Waals surface area contributed by atoms with Crippen molar-refractivity contribution in [1.82, 2.24) is 0 Å². The summed E-state index contributed by atoms with van der Waals surface area (Å²) in [6.07, 6.45) is 0. The molecule has 0 saturated heterocycles. The van der Waals surface area contributed by atoms with Crippen molar-refractivity contribution in [3.05, 3.63) is 53.7 Å². The molecule has 0 bridgehead atoms. The summed E-state index contributed by atoms with van der Waals surface area (Å²) in [6, 6.07) is 8.18. The molecule has 0 radical (unpaired) electrons. The fourth-order valence-corrected chi connectivity index (χ4v) is 2.45. The van der Waals surface area contributed by atoms with Gasteiger partial charge in [-0.3, -0.25) is 4.21 Å². The van der Waals surface area contributed by atoms with Crippen molar-refractivity contribution in [2.75, 3.05) is 0 Å². The number of carboxylic acid groups (broad SMARTS) is 1. The van der Waals surface area contributed by atoms with Gasteiger partial charge in [-0.15, -0.1) is 0 Å². The van der Waals surface area contributed by atoms with E-state index in [0.29, 0.717) is 4.90 Å². The first-order valence-electron chi connectivity index (χ1n) is 5.02. The Hall–Kier alpha value is -1.95. The number of halogens is 1. The van der Waals surface area contributed by atoms with Gasteiger partial charge in [0.15, 0.2) is 0 Å². The predicted octanol–water partition coefficient (Wildman–Crippen LogP) is 2.42. The summed E-state index contributed by atoms with van der Waals surface area (Å²) < 4.78 is 29.8. The number of furan rings is 1. The van der Waals surface area contributed by atoms with Gasteiger partial charge in [0.2, 0.25) is 5.76 Å². The van der Waals surface area contributed by atoms with Crippen LogP contribution in [0.25, 0.3) is 0 Å². The maximum Gasteiger partial charge on any atom is 0.371 e. The van der Waals surface area contributed by atoms with Gasteiger partial charge >= 0.3 is 5.97 Å². The molecule has 0 spiro atoms. The average Bonchev–Trinajstić information content (AvgIpc) is 2.77. The second-order valence-corrected chi connectivity index (χ2v) is 4.97. The number of aromatic carboxylic acids is 1. The topological polar surface area (TPSA) is 67.5 Å². The summed E-state index contributed by atoms with van der Waals surface area (Å²) >= 11 is 0. The lowest BCUT2D eigenvalue weighted by atomic mass is 10.4. The van der Waals surface area contributed by atoms with Gasteiger partial charge in [-0.25, -0.2) is 9.18 Å². The van der Waals surface area contributed by atoms with E-state index in [1.165, 1.54) is 30.3 Å². The van der Waals surface area contributed by atoms with Gasteiger partial charge in [-0.1, -0.05) is 6.07 Å². The number of rotatable bonds is 4. The summed E-state index contributed by atoms with van der Waals surface area (Å²) in [5.74, 6) is -1.56. The molecule has 0 fully saturated rings. The first-order chi connectivity index (χ1) is 8.56. The van der Waals surface area contributed by atoms with Gasteiger partial charge in [0.25, 0.3) is 0 Å². The van der Waals surface area contributed by atoms with Crippen molar-refractivity contribution in [2.24, 2.45) is 0 Å². The third-order valence-corrected chi connectivity index (χ3v) is 3.53. The molecule has 0 amide bonds. The lowest BCUT2D eigenvalue weighted by Crippen LogP contribution is -1.96. The Morgan fingerprint density at radius 2 is 2.11 bits per heavy atom. The van der Waals surface area contributed by atoms with Crippen LogP contribution in [0.5, 0.6) is 0 Å². The molecule has 0 saturated carbocycles. The highest BCUT2D eigenvalue weighted by Crippen LogP contribution is 2.15. The Balaban J connectivity index is 2.13. The standard InChI is InChI=1S/C12H9FO4S/c13-8-2-1-3-10(6-8)18(16)7-9-4-5-11(17-9)12(14)15/h1-6H,7H2,(H,14,15). The number of hydrogen-bond donors (Lipinski definition) is 1. The lowest BCUT2D eigenvalue weighted by molar-refractivity contribution is 0.0661. The highest BCUT2D eigenvalue weighted by Gasteiger charge is 2.12. The number of benzene rings is 1. The molecular formula is C12H9FO4S. The van der Waals surface area contributed by atoms with Crippen LogP contribution in [0, 0.1) is 5.82 Å². The monoisotopic (exact) mass is 268 g/mol. The Bertz CT molecular complexity index is 606. The molecule has 1 atom stereocenters. The fourth-order valence-electron chi connectivity index (χ4n) is 1.39. The molecule has 1 N–H and O–H groups in total. The minimum Gasteiger partial charge on any atom is -0.475 e. The smallest absolute Gasteiger partial charge is 0.371 e. The first-order valence-corrected chi connectivity index (χ1v) is 6.34. The van der Waals surface area contributed by atoms with E-state index in [1.54, 1.807) is 6.07 Å². The van der Waals surface area contributed by atoms with E-state index in [0.717, 1.165) is 0 Å². The molecule has 0 aliphatic rings. The molecule has 0 aliphatic carbocycles. The zero-order valence-corrected chi connectivity index (χ0v) is 9.95. The maximum absolute atomic E-state index is 12.9. The maximum atomic E-state index is 12.9. The van der Waals surface area contributed by atoms with Gasteiger partial charge < -0.3 is 9.52 Å². The molecule has 6 heteroatoms. The van der Waals surface area contributed by atoms with Crippen molar-refractivity contribution >= 4 is 16.8 Å². The molecule has 1 aromatic carbocycles. The molecule has 1 heterocycles. The van der Waals surface area contributed by atoms with Crippen molar-refractivity contribution in [1.29, 1.82) is 0 Å². The highest BCUT2D eigenvalue weighted by molar-refractivity contribution is 7.84. The van der Waals surface area contributed by atoms with Crippen molar-refractivity contribution in [2.45, 2.75) is 10.6 Å². The summed E-state index contributed by atoms with van der Waals surface area (Å²) in [6.45, 7) is 0. The molecule has 94 valence electrons. The van der Waals surface area contributed by atoms with E-state index >= 15 is 0 Å². The zero-order valence-electron chi connectivity index (χ0n) is 9.13. The SMILES string of the molecule is O=C(O)c1ccc(CS(=O)c2cccc(F)c2)o1. The first kappa shape index (κ1) is 12.5. The van der Waals surface area contributed by atoms with Crippen LogP contribution < -0.4 is 0 Å². The number of hydrogen-bond acceptors (Lipinski definition) is 3. The average molecular weight is 268 g/mol. The molecule has 2 rings (SSSR count). The van der Waals surface area contributed by atoms with Crippen LogP contribution in [-0.2, 0) is 16.6 Å². The molecule has 0 aliphatic heterocycles. The van der Waals surface area contributed by atoms with Crippen LogP contribution in [0.15, 0.2) is 45.7 Å². The molecule has 2 aromatic rings. The number of carbonyl (C=O) groups is 1. The van der Waals surface area contributed by atoms with Crippen LogP contribution in [0.3, 0.4) is 0 Å². The minimum atomic E-state index is -1.47. The normalized spacial score (nSPS) is 12.3. The molecule has 1 unspecified atom stereocenters. The second-order valence-electron chi connectivity index (χ2n) is 3.52. The zero-order chi connectivity index (χ0) is 13.1. The van der Waals surface area contributed by atoms with Crippen LogP contribution in [-0.4, -0.2) is 15.3 Å². The van der Waals surface area contributed by atoms with Crippen molar-refractivity contribution in [3.63, 3.8) is 0 Å². The van der Waals surface area contributed by atoms with Crippen LogP contribution in [0.2, 0.25) is 0 Å². The van der Waals surface area contributed by atoms with Gasteiger partial charge in [-0.05, 0) is 30.3 Å². The Kier molecular flexibility index (Phi) is 3.57. The van der Waals surface area contributed by atoms with Crippen LogP contribution in [0.4, 0.5) is 4.39 Å². The Morgan fingerprint density at radius 3 is 2.72 bits per heavy atom. The Morgan fingerprint density at radius 1 is 1.33 bits per heavy atom. The van der Waals surface area contributed by atoms with Crippen LogP contribution >= 0.6 is 0 Å².